The number of amides is 2. The number of hydrogen-bond acceptors (Lipinski definition) is 3. The summed E-state index contributed by atoms with van der Waals surface area (Å²) in [5.41, 5.74) is 0.530. The van der Waals surface area contributed by atoms with Crippen LogP contribution >= 0.6 is 0 Å². The summed E-state index contributed by atoms with van der Waals surface area (Å²) >= 11 is 0. The first kappa shape index (κ1) is 18.3. The predicted molar refractivity (Wildman–Crippen MR) is 93.4 cm³/mol. The molecule has 5 heteroatoms. The van der Waals surface area contributed by atoms with Crippen molar-refractivity contribution in [2.75, 3.05) is 13.1 Å². The molecule has 2 rings (SSSR count). The highest BCUT2D eigenvalue weighted by molar-refractivity contribution is 5.87. The van der Waals surface area contributed by atoms with Gasteiger partial charge >= 0.3 is 6.09 Å². The minimum Gasteiger partial charge on any atom is -0.444 e. The van der Waals surface area contributed by atoms with Crippen molar-refractivity contribution in [1.29, 1.82) is 0 Å². The van der Waals surface area contributed by atoms with Crippen molar-refractivity contribution in [3.05, 3.63) is 35.9 Å². The molecule has 0 N–H and O–H groups in total. The first-order valence-corrected chi connectivity index (χ1v) is 8.51. The third-order valence-electron chi connectivity index (χ3n) is 3.99. The van der Waals surface area contributed by atoms with E-state index in [-0.39, 0.29) is 11.8 Å². The molecule has 0 unspecified atom stereocenters. The Morgan fingerprint density at radius 2 is 1.83 bits per heavy atom. The second-order valence-electron chi connectivity index (χ2n) is 7.61. The fourth-order valence-electron chi connectivity index (χ4n) is 2.93. The number of carbonyl (C=O) groups is 2. The van der Waals surface area contributed by atoms with Gasteiger partial charge in [-0.3, -0.25) is 9.69 Å². The number of rotatable bonds is 3. The van der Waals surface area contributed by atoms with E-state index in [1.54, 1.807) is 4.90 Å². The van der Waals surface area contributed by atoms with Gasteiger partial charge < -0.3 is 9.64 Å². The molecule has 5 nitrogen and oxygen atoms in total. The molecule has 1 heterocycles. The average Bonchev–Trinajstić information content (AvgIpc) is 2.48. The topological polar surface area (TPSA) is 49.9 Å². The van der Waals surface area contributed by atoms with Crippen molar-refractivity contribution < 1.29 is 14.3 Å². The van der Waals surface area contributed by atoms with Crippen LogP contribution in [0.4, 0.5) is 4.79 Å². The van der Waals surface area contributed by atoms with Gasteiger partial charge in [0.15, 0.2) is 0 Å². The lowest BCUT2D eigenvalue weighted by Crippen LogP contribution is -2.60. The van der Waals surface area contributed by atoms with Gasteiger partial charge in [-0.15, -0.1) is 0 Å². The molecule has 1 aliphatic rings. The Bertz CT molecular complexity index is 578. The maximum Gasteiger partial charge on any atom is 0.411 e. The number of carbonyl (C=O) groups excluding carboxylic acids is 2. The van der Waals surface area contributed by atoms with E-state index < -0.39 is 17.7 Å². The Morgan fingerprint density at radius 1 is 1.21 bits per heavy atom. The van der Waals surface area contributed by atoms with E-state index >= 15 is 0 Å². The van der Waals surface area contributed by atoms with Crippen LogP contribution in [-0.2, 0) is 16.1 Å². The van der Waals surface area contributed by atoms with Crippen LogP contribution in [0.25, 0.3) is 0 Å². The van der Waals surface area contributed by atoms with Crippen LogP contribution in [0, 0.1) is 5.92 Å². The lowest BCUT2D eigenvalue weighted by atomic mass is 9.98. The van der Waals surface area contributed by atoms with Gasteiger partial charge in [0.2, 0.25) is 5.91 Å². The predicted octanol–water partition coefficient (Wildman–Crippen LogP) is 3.29. The molecule has 0 saturated carbocycles. The van der Waals surface area contributed by atoms with E-state index in [4.69, 9.17) is 4.74 Å². The van der Waals surface area contributed by atoms with Crippen LogP contribution in [-0.4, -0.2) is 46.5 Å². The van der Waals surface area contributed by atoms with Gasteiger partial charge in [0.1, 0.15) is 11.6 Å². The van der Waals surface area contributed by atoms with Gasteiger partial charge in [0.25, 0.3) is 0 Å². The molecule has 0 aromatic heterocycles. The SMILES string of the molecule is CC(C)[C@@H]1C(=O)N(Cc2ccccc2)CCN1C(=O)OC(C)(C)C. The van der Waals surface area contributed by atoms with E-state index in [2.05, 4.69) is 0 Å². The lowest BCUT2D eigenvalue weighted by Gasteiger charge is -2.42. The molecule has 1 aromatic rings. The summed E-state index contributed by atoms with van der Waals surface area (Å²) in [5, 5.41) is 0. The number of benzene rings is 1. The van der Waals surface area contributed by atoms with Crippen LogP contribution in [0.2, 0.25) is 0 Å². The summed E-state index contributed by atoms with van der Waals surface area (Å²) < 4.78 is 5.48. The molecule has 0 spiro atoms. The molecule has 0 aliphatic carbocycles. The van der Waals surface area contributed by atoms with Gasteiger partial charge in [0, 0.05) is 19.6 Å². The summed E-state index contributed by atoms with van der Waals surface area (Å²) in [6.45, 7) is 11.0. The van der Waals surface area contributed by atoms with E-state index in [0.717, 1.165) is 5.56 Å². The number of nitrogens with zero attached hydrogens (tertiary/aromatic N) is 2. The van der Waals surface area contributed by atoms with Crippen molar-refractivity contribution in [3.8, 4) is 0 Å². The Morgan fingerprint density at radius 3 is 2.38 bits per heavy atom. The zero-order chi connectivity index (χ0) is 17.9. The van der Waals surface area contributed by atoms with Gasteiger partial charge in [-0.2, -0.15) is 0 Å². The molecular weight excluding hydrogens is 304 g/mol. The molecule has 1 aromatic carbocycles. The molecule has 132 valence electrons. The third-order valence-corrected chi connectivity index (χ3v) is 3.99. The molecule has 0 radical (unpaired) electrons. The molecule has 2 amide bonds. The van der Waals surface area contributed by atoms with Crippen molar-refractivity contribution in [3.63, 3.8) is 0 Å². The Labute approximate surface area is 144 Å². The number of ether oxygens (including phenoxy) is 1. The summed E-state index contributed by atoms with van der Waals surface area (Å²) in [4.78, 5) is 28.8. The summed E-state index contributed by atoms with van der Waals surface area (Å²) in [6, 6.07) is 9.45. The monoisotopic (exact) mass is 332 g/mol. The second kappa shape index (κ2) is 7.24. The lowest BCUT2D eigenvalue weighted by molar-refractivity contribution is -0.144. The third kappa shape index (κ3) is 4.49. The van der Waals surface area contributed by atoms with Crippen molar-refractivity contribution in [2.45, 2.75) is 52.8 Å². The largest absolute Gasteiger partial charge is 0.444 e. The molecule has 1 aliphatic heterocycles. The van der Waals surface area contributed by atoms with E-state index in [0.29, 0.717) is 19.6 Å². The molecule has 1 fully saturated rings. The van der Waals surface area contributed by atoms with Gasteiger partial charge in [-0.25, -0.2) is 4.79 Å². The Hall–Kier alpha value is -2.04. The number of hydrogen-bond donors (Lipinski definition) is 0. The van der Waals surface area contributed by atoms with Crippen LogP contribution in [0.3, 0.4) is 0 Å². The van der Waals surface area contributed by atoms with Gasteiger partial charge in [-0.1, -0.05) is 44.2 Å². The zero-order valence-corrected chi connectivity index (χ0v) is 15.3. The summed E-state index contributed by atoms with van der Waals surface area (Å²) in [5.74, 6) is 0.0227. The summed E-state index contributed by atoms with van der Waals surface area (Å²) in [6.07, 6.45) is -0.408. The van der Waals surface area contributed by atoms with Crippen molar-refractivity contribution in [1.82, 2.24) is 9.80 Å². The Balaban J connectivity index is 2.13. The normalized spacial score (nSPS) is 18.9. The van der Waals surface area contributed by atoms with Crippen LogP contribution in [0.15, 0.2) is 30.3 Å². The molecule has 0 bridgehead atoms. The van der Waals surface area contributed by atoms with Gasteiger partial charge in [0.05, 0.1) is 0 Å². The molecule has 24 heavy (non-hydrogen) atoms. The van der Waals surface area contributed by atoms with Crippen LogP contribution < -0.4 is 0 Å². The minimum absolute atomic E-state index is 0.00837. The van der Waals surface area contributed by atoms with E-state index in [9.17, 15) is 9.59 Å². The highest BCUT2D eigenvalue weighted by Gasteiger charge is 2.40. The summed E-state index contributed by atoms with van der Waals surface area (Å²) in [7, 11) is 0. The van der Waals surface area contributed by atoms with E-state index in [1.807, 2.05) is 69.9 Å². The molecule has 1 saturated heterocycles. The Kier molecular flexibility index (Phi) is 5.52. The fraction of sp³-hybridized carbons (Fsp3) is 0.579. The maximum atomic E-state index is 12.9. The van der Waals surface area contributed by atoms with Crippen LogP contribution in [0.5, 0.6) is 0 Å². The highest BCUT2D eigenvalue weighted by atomic mass is 16.6. The van der Waals surface area contributed by atoms with Crippen LogP contribution in [0.1, 0.15) is 40.2 Å². The molecular formula is C19H28N2O3. The number of piperazine rings is 1. The van der Waals surface area contributed by atoms with Crippen molar-refractivity contribution >= 4 is 12.0 Å². The minimum atomic E-state index is -0.567. The first-order valence-electron chi connectivity index (χ1n) is 8.51. The van der Waals surface area contributed by atoms with Crippen molar-refractivity contribution in [2.24, 2.45) is 5.92 Å². The zero-order valence-electron chi connectivity index (χ0n) is 15.3. The van der Waals surface area contributed by atoms with E-state index in [1.165, 1.54) is 0 Å². The highest BCUT2D eigenvalue weighted by Crippen LogP contribution is 2.23. The second-order valence-corrected chi connectivity index (χ2v) is 7.61. The van der Waals surface area contributed by atoms with Gasteiger partial charge in [-0.05, 0) is 32.3 Å². The quantitative estimate of drug-likeness (QED) is 0.853. The molecule has 1 atom stereocenters. The average molecular weight is 332 g/mol. The smallest absolute Gasteiger partial charge is 0.411 e. The standard InChI is InChI=1S/C19H28N2O3/c1-14(2)16-17(22)20(13-15-9-7-6-8-10-15)11-12-21(16)18(23)24-19(3,4)5/h6-10,14,16H,11-13H2,1-5H3/t16-/m1/s1. The fourth-order valence-corrected chi connectivity index (χ4v) is 2.93. The first-order chi connectivity index (χ1) is 11.2. The maximum absolute atomic E-state index is 12.9.